The quantitative estimate of drug-likeness (QED) is 0.856. The predicted octanol–water partition coefficient (Wildman–Crippen LogP) is 2.64. The number of ether oxygens (including phenoxy) is 3. The van der Waals surface area contributed by atoms with Gasteiger partial charge in [0.2, 0.25) is 0 Å². The Morgan fingerprint density at radius 1 is 1.25 bits per heavy atom. The molecule has 132 valence electrons. The Bertz CT molecular complexity index is 584. The van der Waals surface area contributed by atoms with Gasteiger partial charge in [0.15, 0.2) is 0 Å². The number of hydrogen-bond donors (Lipinski definition) is 2. The number of amides is 2. The lowest BCUT2D eigenvalue weighted by atomic mass is 9.98. The van der Waals surface area contributed by atoms with Crippen LogP contribution in [0.5, 0.6) is 11.5 Å². The minimum Gasteiger partial charge on any atom is -0.497 e. The van der Waals surface area contributed by atoms with Gasteiger partial charge >= 0.3 is 12.2 Å². The minimum atomic E-state index is -0.905. The first-order valence-corrected chi connectivity index (χ1v) is 7.67. The molecular weight excluding hydrogens is 316 g/mol. The number of benzene rings is 1. The highest BCUT2D eigenvalue weighted by Gasteiger charge is 2.23. The third kappa shape index (κ3) is 4.68. The zero-order chi connectivity index (χ0) is 17.5. The molecule has 0 bridgehead atoms. The van der Waals surface area contributed by atoms with E-state index in [1.807, 2.05) is 0 Å². The molecular formula is C16H22N2O6. The highest BCUT2D eigenvalue weighted by molar-refractivity contribution is 5.87. The van der Waals surface area contributed by atoms with Crippen molar-refractivity contribution in [3.63, 3.8) is 0 Å². The number of likely N-dealkylation sites (tertiary alicyclic amines) is 1. The molecule has 8 nitrogen and oxygen atoms in total. The largest absolute Gasteiger partial charge is 0.497 e. The number of nitrogens with zero attached hydrogens (tertiary/aromatic N) is 1. The van der Waals surface area contributed by atoms with Crippen LogP contribution in [0.15, 0.2) is 18.2 Å². The summed E-state index contributed by atoms with van der Waals surface area (Å²) in [6.07, 6.45) is -0.121. The van der Waals surface area contributed by atoms with Gasteiger partial charge in [0.1, 0.15) is 11.5 Å². The zero-order valence-electron chi connectivity index (χ0n) is 13.8. The van der Waals surface area contributed by atoms with Gasteiger partial charge in [-0.3, -0.25) is 5.32 Å². The fourth-order valence-corrected chi connectivity index (χ4v) is 2.54. The van der Waals surface area contributed by atoms with E-state index in [0.29, 0.717) is 43.1 Å². The molecule has 1 aliphatic heterocycles. The molecule has 8 heteroatoms. The highest BCUT2D eigenvalue weighted by Crippen LogP contribution is 2.29. The summed E-state index contributed by atoms with van der Waals surface area (Å²) >= 11 is 0. The Kier molecular flexibility index (Phi) is 6.11. The summed E-state index contributed by atoms with van der Waals surface area (Å²) in [5, 5.41) is 11.5. The van der Waals surface area contributed by atoms with Crippen LogP contribution in [0.2, 0.25) is 0 Å². The molecule has 0 radical (unpaired) electrons. The van der Waals surface area contributed by atoms with Gasteiger partial charge in [-0.05, 0) is 30.9 Å². The van der Waals surface area contributed by atoms with E-state index in [1.165, 1.54) is 19.1 Å². The van der Waals surface area contributed by atoms with Crippen LogP contribution in [0.25, 0.3) is 0 Å². The molecule has 0 spiro atoms. The van der Waals surface area contributed by atoms with Crippen molar-refractivity contribution >= 4 is 17.9 Å². The first-order valence-electron chi connectivity index (χ1n) is 7.67. The van der Waals surface area contributed by atoms with Gasteiger partial charge in [-0.1, -0.05) is 0 Å². The fourth-order valence-electron chi connectivity index (χ4n) is 2.54. The summed E-state index contributed by atoms with van der Waals surface area (Å²) in [5.74, 6) is 1.26. The molecule has 1 aromatic carbocycles. The number of methoxy groups -OCH3 is 2. The molecule has 0 atom stereocenters. The molecule has 2 N–H and O–H groups in total. The molecule has 24 heavy (non-hydrogen) atoms. The number of anilines is 1. The Hall–Kier alpha value is -2.64. The van der Waals surface area contributed by atoms with Crippen LogP contribution in [0.4, 0.5) is 15.3 Å². The van der Waals surface area contributed by atoms with Crippen molar-refractivity contribution in [1.82, 2.24) is 4.90 Å². The van der Waals surface area contributed by atoms with Gasteiger partial charge in [-0.25, -0.2) is 9.59 Å². The molecule has 0 saturated carbocycles. The Balaban J connectivity index is 1.83. The Labute approximate surface area is 140 Å². The second-order valence-electron chi connectivity index (χ2n) is 5.50. The smallest absolute Gasteiger partial charge is 0.411 e. The second kappa shape index (κ2) is 8.28. The molecule has 1 saturated heterocycles. The van der Waals surface area contributed by atoms with Crippen molar-refractivity contribution in [3.8, 4) is 11.5 Å². The van der Waals surface area contributed by atoms with Crippen LogP contribution in [-0.2, 0) is 4.74 Å². The van der Waals surface area contributed by atoms with Crippen molar-refractivity contribution in [2.45, 2.75) is 12.8 Å². The summed E-state index contributed by atoms with van der Waals surface area (Å²) in [7, 11) is 3.04. The number of carboxylic acid groups (broad SMARTS) is 1. The molecule has 2 rings (SSSR count). The molecule has 1 heterocycles. The third-order valence-electron chi connectivity index (χ3n) is 3.98. The monoisotopic (exact) mass is 338 g/mol. The Morgan fingerprint density at radius 3 is 2.54 bits per heavy atom. The SMILES string of the molecule is COc1ccc(OC)c(NC(=O)OCC2CCN(C(=O)O)CC2)c1. The zero-order valence-corrected chi connectivity index (χ0v) is 13.8. The van der Waals surface area contributed by atoms with E-state index in [2.05, 4.69) is 5.32 Å². The van der Waals surface area contributed by atoms with Crippen molar-refractivity contribution < 1.29 is 28.9 Å². The van der Waals surface area contributed by atoms with E-state index in [0.717, 1.165) is 0 Å². The van der Waals surface area contributed by atoms with E-state index in [4.69, 9.17) is 19.3 Å². The number of carbonyl (C=O) groups excluding carboxylic acids is 1. The van der Waals surface area contributed by atoms with Crippen molar-refractivity contribution in [2.24, 2.45) is 5.92 Å². The van der Waals surface area contributed by atoms with Gasteiger partial charge in [-0.15, -0.1) is 0 Å². The topological polar surface area (TPSA) is 97.3 Å². The minimum absolute atomic E-state index is 0.165. The van der Waals surface area contributed by atoms with Gasteiger partial charge < -0.3 is 24.2 Å². The molecule has 0 aliphatic carbocycles. The predicted molar refractivity (Wildman–Crippen MR) is 86.8 cm³/mol. The number of rotatable bonds is 5. The summed E-state index contributed by atoms with van der Waals surface area (Å²) < 4.78 is 15.5. The highest BCUT2D eigenvalue weighted by atomic mass is 16.5. The van der Waals surface area contributed by atoms with Crippen molar-refractivity contribution in [3.05, 3.63) is 18.2 Å². The third-order valence-corrected chi connectivity index (χ3v) is 3.98. The first-order chi connectivity index (χ1) is 11.5. The van der Waals surface area contributed by atoms with Crippen LogP contribution < -0.4 is 14.8 Å². The van der Waals surface area contributed by atoms with E-state index < -0.39 is 12.2 Å². The summed E-state index contributed by atoms with van der Waals surface area (Å²) in [6, 6.07) is 5.06. The van der Waals surface area contributed by atoms with Crippen LogP contribution in [-0.4, -0.2) is 56.1 Å². The Morgan fingerprint density at radius 2 is 1.96 bits per heavy atom. The summed E-state index contributed by atoms with van der Waals surface area (Å²) in [4.78, 5) is 24.2. The van der Waals surface area contributed by atoms with Crippen LogP contribution >= 0.6 is 0 Å². The molecule has 0 unspecified atom stereocenters. The van der Waals surface area contributed by atoms with Crippen LogP contribution in [0.3, 0.4) is 0 Å². The average Bonchev–Trinajstić information content (AvgIpc) is 2.60. The summed E-state index contributed by atoms with van der Waals surface area (Å²) in [6.45, 7) is 1.19. The molecule has 1 fully saturated rings. The van der Waals surface area contributed by atoms with E-state index in [-0.39, 0.29) is 12.5 Å². The van der Waals surface area contributed by atoms with Gasteiger partial charge in [0.05, 0.1) is 26.5 Å². The standard InChI is InChI=1S/C16H22N2O6/c1-22-12-3-4-14(23-2)13(9-12)17-15(19)24-10-11-5-7-18(8-6-11)16(20)21/h3-4,9,11H,5-8,10H2,1-2H3,(H,17,19)(H,20,21). The number of carbonyl (C=O) groups is 2. The maximum Gasteiger partial charge on any atom is 0.411 e. The molecule has 1 aromatic rings. The number of hydrogen-bond acceptors (Lipinski definition) is 5. The molecule has 0 aromatic heterocycles. The first kappa shape index (κ1) is 17.7. The fraction of sp³-hybridized carbons (Fsp3) is 0.500. The van der Waals surface area contributed by atoms with E-state index in [1.54, 1.807) is 18.2 Å². The lowest BCUT2D eigenvalue weighted by molar-refractivity contribution is 0.0948. The maximum absolute atomic E-state index is 12.0. The maximum atomic E-state index is 12.0. The second-order valence-corrected chi connectivity index (χ2v) is 5.50. The molecule has 2 amide bonds. The van der Waals surface area contributed by atoms with Crippen molar-refractivity contribution in [2.75, 3.05) is 39.2 Å². The lowest BCUT2D eigenvalue weighted by Crippen LogP contribution is -2.38. The van der Waals surface area contributed by atoms with Gasteiger partial charge in [0, 0.05) is 19.2 Å². The van der Waals surface area contributed by atoms with E-state index >= 15 is 0 Å². The summed E-state index contributed by atoms with van der Waals surface area (Å²) in [5.41, 5.74) is 0.461. The molecule has 1 aliphatic rings. The average molecular weight is 338 g/mol. The van der Waals surface area contributed by atoms with Crippen LogP contribution in [0, 0.1) is 5.92 Å². The van der Waals surface area contributed by atoms with Crippen molar-refractivity contribution in [1.29, 1.82) is 0 Å². The number of nitrogens with one attached hydrogen (secondary N) is 1. The van der Waals surface area contributed by atoms with E-state index in [9.17, 15) is 9.59 Å². The van der Waals surface area contributed by atoms with Crippen LogP contribution in [0.1, 0.15) is 12.8 Å². The van der Waals surface area contributed by atoms with Gasteiger partial charge in [-0.2, -0.15) is 0 Å². The van der Waals surface area contributed by atoms with Gasteiger partial charge in [0.25, 0.3) is 0 Å². The normalized spacial score (nSPS) is 14.8. The number of piperidine rings is 1. The lowest BCUT2D eigenvalue weighted by Gasteiger charge is -2.29.